The lowest BCUT2D eigenvalue weighted by atomic mass is 9.98. The van der Waals surface area contributed by atoms with Crippen LogP contribution in [0.4, 0.5) is 9.18 Å². The minimum Gasteiger partial charge on any atom is -0.465 e. The van der Waals surface area contributed by atoms with Crippen molar-refractivity contribution >= 4 is 6.09 Å². The third-order valence-corrected chi connectivity index (χ3v) is 4.31. The molecule has 0 aromatic carbocycles. The third kappa shape index (κ3) is 3.74. The number of aliphatic hydroxyl groups is 1. The number of nitrogens with zero attached hydrogens (tertiary/aromatic N) is 2. The largest absolute Gasteiger partial charge is 0.465 e. The van der Waals surface area contributed by atoms with Crippen LogP contribution in [0.2, 0.25) is 0 Å². The molecule has 1 saturated heterocycles. The Morgan fingerprint density at radius 1 is 1.45 bits per heavy atom. The molecule has 2 rings (SSSR count). The number of aliphatic hydroxyl groups excluding tert-OH is 1. The van der Waals surface area contributed by atoms with Gasteiger partial charge in [0.1, 0.15) is 11.9 Å². The molecule has 3 atom stereocenters. The average Bonchev–Trinajstić information content (AvgIpc) is 2.69. The minimum atomic E-state index is -1.06. The Bertz CT molecular complexity index is 512. The molecular formula is C16H23FN2O3. The molecule has 0 aliphatic carbocycles. The van der Waals surface area contributed by atoms with Crippen LogP contribution in [0.1, 0.15) is 57.1 Å². The quantitative estimate of drug-likeness (QED) is 0.894. The molecule has 122 valence electrons. The fourth-order valence-corrected chi connectivity index (χ4v) is 3.32. The highest BCUT2D eigenvalue weighted by Gasteiger charge is 2.36. The van der Waals surface area contributed by atoms with Crippen LogP contribution in [0.25, 0.3) is 0 Å². The van der Waals surface area contributed by atoms with E-state index in [-0.39, 0.29) is 6.04 Å². The lowest BCUT2D eigenvalue weighted by molar-refractivity contribution is 0.0256. The third-order valence-electron chi connectivity index (χ3n) is 4.31. The zero-order valence-electron chi connectivity index (χ0n) is 12.8. The molecule has 2 N–H and O–H groups in total. The van der Waals surface area contributed by atoms with Gasteiger partial charge in [-0.05, 0) is 25.3 Å². The summed E-state index contributed by atoms with van der Waals surface area (Å²) in [6.45, 7) is 2.02. The standard InChI is InChI=1S/C16H23FN2O3/c1-2-5-13-6-3-4-7-14(19(13)16(21)22)15(20)11-8-12(17)10-18-9-11/h8-10,13-15,20H,2-7H2,1H3,(H,21,22)/t13-,14-,15?/m1/s1. The van der Waals surface area contributed by atoms with E-state index in [1.807, 2.05) is 6.92 Å². The van der Waals surface area contributed by atoms with Crippen molar-refractivity contribution in [3.63, 3.8) is 0 Å². The number of hydrogen-bond acceptors (Lipinski definition) is 3. The Morgan fingerprint density at radius 3 is 2.82 bits per heavy atom. The van der Waals surface area contributed by atoms with E-state index in [0.29, 0.717) is 12.0 Å². The van der Waals surface area contributed by atoms with Gasteiger partial charge in [0.25, 0.3) is 0 Å². The molecule has 0 spiro atoms. The summed E-state index contributed by atoms with van der Waals surface area (Å²) in [6, 6.07) is 0.573. The summed E-state index contributed by atoms with van der Waals surface area (Å²) in [6.07, 6.45) is 5.23. The Hall–Kier alpha value is -1.69. The normalized spacial score (nSPS) is 23.9. The second-order valence-electron chi connectivity index (χ2n) is 5.87. The number of amides is 1. The highest BCUT2D eigenvalue weighted by atomic mass is 19.1. The van der Waals surface area contributed by atoms with Crippen molar-refractivity contribution in [3.8, 4) is 0 Å². The van der Waals surface area contributed by atoms with E-state index >= 15 is 0 Å². The van der Waals surface area contributed by atoms with Gasteiger partial charge < -0.3 is 10.2 Å². The lowest BCUT2D eigenvalue weighted by Gasteiger charge is -2.36. The number of carbonyl (C=O) groups is 1. The SMILES string of the molecule is CCC[C@@H]1CCCC[C@H](C(O)c2cncc(F)c2)N1C(=O)O. The van der Waals surface area contributed by atoms with Gasteiger partial charge in [0.2, 0.25) is 0 Å². The van der Waals surface area contributed by atoms with E-state index < -0.39 is 24.1 Å². The van der Waals surface area contributed by atoms with E-state index in [1.165, 1.54) is 17.2 Å². The Balaban J connectivity index is 2.29. The summed E-state index contributed by atoms with van der Waals surface area (Å²) in [5.74, 6) is -0.530. The highest BCUT2D eigenvalue weighted by Crippen LogP contribution is 2.32. The van der Waals surface area contributed by atoms with Crippen LogP contribution in [0.15, 0.2) is 18.5 Å². The van der Waals surface area contributed by atoms with Crippen LogP contribution >= 0.6 is 0 Å². The molecule has 1 fully saturated rings. The van der Waals surface area contributed by atoms with Crippen molar-refractivity contribution in [1.82, 2.24) is 9.88 Å². The molecule has 1 aliphatic heterocycles. The van der Waals surface area contributed by atoms with Gasteiger partial charge in [0.15, 0.2) is 0 Å². The van der Waals surface area contributed by atoms with Crippen LogP contribution in [-0.2, 0) is 0 Å². The number of pyridine rings is 1. The van der Waals surface area contributed by atoms with Gasteiger partial charge in [-0.2, -0.15) is 0 Å². The van der Waals surface area contributed by atoms with Crippen LogP contribution in [-0.4, -0.2) is 38.3 Å². The molecular weight excluding hydrogens is 287 g/mol. The zero-order valence-corrected chi connectivity index (χ0v) is 12.8. The molecule has 0 radical (unpaired) electrons. The number of likely N-dealkylation sites (tertiary alicyclic amines) is 1. The molecule has 5 nitrogen and oxygen atoms in total. The van der Waals surface area contributed by atoms with E-state index in [9.17, 15) is 19.4 Å². The second-order valence-corrected chi connectivity index (χ2v) is 5.87. The molecule has 1 amide bonds. The van der Waals surface area contributed by atoms with Crippen LogP contribution < -0.4 is 0 Å². The summed E-state index contributed by atoms with van der Waals surface area (Å²) in [5, 5.41) is 20.2. The first-order valence-corrected chi connectivity index (χ1v) is 7.84. The topological polar surface area (TPSA) is 73.7 Å². The molecule has 6 heteroatoms. The van der Waals surface area contributed by atoms with Crippen LogP contribution in [0, 0.1) is 5.82 Å². The van der Waals surface area contributed by atoms with E-state index in [1.54, 1.807) is 0 Å². The fraction of sp³-hybridized carbons (Fsp3) is 0.625. The van der Waals surface area contributed by atoms with Crippen LogP contribution in [0.3, 0.4) is 0 Å². The fourth-order valence-electron chi connectivity index (χ4n) is 3.32. The smallest absolute Gasteiger partial charge is 0.407 e. The molecule has 1 unspecified atom stereocenters. The molecule has 1 aromatic rings. The van der Waals surface area contributed by atoms with E-state index in [2.05, 4.69) is 4.98 Å². The first-order valence-electron chi connectivity index (χ1n) is 7.84. The molecule has 1 aliphatic rings. The Kier molecular flexibility index (Phi) is 5.71. The first kappa shape index (κ1) is 16.7. The molecule has 22 heavy (non-hydrogen) atoms. The van der Waals surface area contributed by atoms with E-state index in [0.717, 1.165) is 38.3 Å². The number of rotatable bonds is 4. The minimum absolute atomic E-state index is 0.0915. The summed E-state index contributed by atoms with van der Waals surface area (Å²) in [4.78, 5) is 16.9. The van der Waals surface area contributed by atoms with Gasteiger partial charge in [0.05, 0.1) is 12.2 Å². The zero-order chi connectivity index (χ0) is 16.1. The average molecular weight is 310 g/mol. The molecule has 0 bridgehead atoms. The lowest BCUT2D eigenvalue weighted by Crippen LogP contribution is -2.48. The van der Waals surface area contributed by atoms with Gasteiger partial charge in [0, 0.05) is 17.8 Å². The summed E-state index contributed by atoms with van der Waals surface area (Å²) in [5.41, 5.74) is 0.327. The number of carboxylic acid groups (broad SMARTS) is 1. The highest BCUT2D eigenvalue weighted by molar-refractivity contribution is 5.66. The van der Waals surface area contributed by atoms with Gasteiger partial charge in [-0.15, -0.1) is 0 Å². The number of aromatic nitrogens is 1. The maximum absolute atomic E-state index is 13.3. The van der Waals surface area contributed by atoms with Crippen molar-refractivity contribution < 1.29 is 19.4 Å². The van der Waals surface area contributed by atoms with Crippen molar-refractivity contribution in [2.75, 3.05) is 0 Å². The van der Waals surface area contributed by atoms with Crippen molar-refractivity contribution in [2.24, 2.45) is 0 Å². The van der Waals surface area contributed by atoms with Gasteiger partial charge in [-0.25, -0.2) is 9.18 Å². The first-order chi connectivity index (χ1) is 10.5. The van der Waals surface area contributed by atoms with Crippen molar-refractivity contribution in [1.29, 1.82) is 0 Å². The van der Waals surface area contributed by atoms with Crippen molar-refractivity contribution in [2.45, 2.75) is 63.6 Å². The van der Waals surface area contributed by atoms with E-state index in [4.69, 9.17) is 0 Å². The Morgan fingerprint density at radius 2 is 2.18 bits per heavy atom. The second kappa shape index (κ2) is 7.54. The molecule has 1 aromatic heterocycles. The Labute approximate surface area is 129 Å². The number of halogens is 1. The predicted octanol–water partition coefficient (Wildman–Crippen LogP) is 3.35. The summed E-state index contributed by atoms with van der Waals surface area (Å²) < 4.78 is 13.3. The van der Waals surface area contributed by atoms with Gasteiger partial charge >= 0.3 is 6.09 Å². The maximum Gasteiger partial charge on any atom is 0.407 e. The summed E-state index contributed by atoms with van der Waals surface area (Å²) >= 11 is 0. The predicted molar refractivity (Wildman–Crippen MR) is 80.0 cm³/mol. The van der Waals surface area contributed by atoms with Gasteiger partial charge in [-0.3, -0.25) is 9.88 Å². The molecule has 2 heterocycles. The monoisotopic (exact) mass is 310 g/mol. The molecule has 0 saturated carbocycles. The van der Waals surface area contributed by atoms with Crippen molar-refractivity contribution in [3.05, 3.63) is 29.8 Å². The van der Waals surface area contributed by atoms with Gasteiger partial charge in [-0.1, -0.05) is 26.2 Å². The number of hydrogen-bond donors (Lipinski definition) is 2. The van der Waals surface area contributed by atoms with Crippen LogP contribution in [0.5, 0.6) is 0 Å². The maximum atomic E-state index is 13.3. The summed E-state index contributed by atoms with van der Waals surface area (Å²) in [7, 11) is 0.